The number of rotatable bonds is 2. The highest BCUT2D eigenvalue weighted by atomic mass is 19.3. The van der Waals surface area contributed by atoms with Crippen molar-refractivity contribution in [3.05, 3.63) is 0 Å². The monoisotopic (exact) mass is 279 g/mol. The zero-order valence-corrected chi connectivity index (χ0v) is 12.0. The summed E-state index contributed by atoms with van der Waals surface area (Å²) in [5.74, 6) is -2.96. The van der Waals surface area contributed by atoms with Gasteiger partial charge in [0.05, 0.1) is 12.0 Å². The SMILES string of the molecule is CC(C)(C)OC(=O)N1CCC(CO)(C(C)(F)F)CC1. The molecule has 112 valence electrons. The Hall–Kier alpha value is -0.910. The average Bonchev–Trinajstić information content (AvgIpc) is 2.25. The molecule has 1 fully saturated rings. The molecule has 1 aliphatic rings. The first-order chi connectivity index (χ1) is 8.51. The minimum atomic E-state index is -2.96. The van der Waals surface area contributed by atoms with E-state index in [4.69, 9.17) is 4.74 Å². The normalized spacial score (nSPS) is 20.3. The molecule has 1 N–H and O–H groups in total. The van der Waals surface area contributed by atoms with E-state index in [0.29, 0.717) is 0 Å². The van der Waals surface area contributed by atoms with E-state index in [-0.39, 0.29) is 25.9 Å². The van der Waals surface area contributed by atoms with Crippen LogP contribution < -0.4 is 0 Å². The molecule has 0 aliphatic carbocycles. The summed E-state index contributed by atoms with van der Waals surface area (Å²) in [6, 6.07) is 0. The summed E-state index contributed by atoms with van der Waals surface area (Å²) in [5.41, 5.74) is -2.02. The third-order valence-electron chi connectivity index (χ3n) is 3.61. The lowest BCUT2D eigenvalue weighted by Crippen LogP contribution is -2.52. The van der Waals surface area contributed by atoms with Gasteiger partial charge < -0.3 is 14.7 Å². The van der Waals surface area contributed by atoms with Gasteiger partial charge in [-0.1, -0.05) is 0 Å². The summed E-state index contributed by atoms with van der Waals surface area (Å²) in [5, 5.41) is 9.27. The van der Waals surface area contributed by atoms with Crippen LogP contribution in [0, 0.1) is 5.41 Å². The van der Waals surface area contributed by atoms with Crippen molar-refractivity contribution in [1.29, 1.82) is 0 Å². The first-order valence-corrected chi connectivity index (χ1v) is 6.47. The van der Waals surface area contributed by atoms with Crippen molar-refractivity contribution in [2.24, 2.45) is 5.41 Å². The van der Waals surface area contributed by atoms with Gasteiger partial charge in [0.25, 0.3) is 5.92 Å². The van der Waals surface area contributed by atoms with Crippen LogP contribution in [0.2, 0.25) is 0 Å². The molecule has 0 aromatic heterocycles. The molecule has 1 rings (SSSR count). The molecule has 0 aromatic carbocycles. The van der Waals surface area contributed by atoms with Crippen molar-refractivity contribution in [2.75, 3.05) is 19.7 Å². The van der Waals surface area contributed by atoms with E-state index in [2.05, 4.69) is 0 Å². The molecular weight excluding hydrogens is 256 g/mol. The quantitative estimate of drug-likeness (QED) is 0.845. The first kappa shape index (κ1) is 16.1. The number of hydrogen-bond acceptors (Lipinski definition) is 3. The summed E-state index contributed by atoms with van der Waals surface area (Å²) in [6.45, 7) is 5.88. The number of halogens is 2. The van der Waals surface area contributed by atoms with Gasteiger partial charge in [0, 0.05) is 13.1 Å². The largest absolute Gasteiger partial charge is 0.444 e. The highest BCUT2D eigenvalue weighted by Gasteiger charge is 2.51. The van der Waals surface area contributed by atoms with Crippen LogP contribution in [0.1, 0.15) is 40.5 Å². The molecular formula is C13H23F2NO3. The number of hydrogen-bond donors (Lipinski definition) is 1. The highest BCUT2D eigenvalue weighted by Crippen LogP contribution is 2.44. The van der Waals surface area contributed by atoms with E-state index in [9.17, 15) is 18.7 Å². The van der Waals surface area contributed by atoms with Gasteiger partial charge in [-0.3, -0.25) is 0 Å². The molecule has 1 amide bonds. The smallest absolute Gasteiger partial charge is 0.410 e. The molecule has 0 aromatic rings. The Labute approximate surface area is 112 Å². The Morgan fingerprint density at radius 1 is 1.26 bits per heavy atom. The van der Waals surface area contributed by atoms with E-state index in [0.717, 1.165) is 6.92 Å². The number of likely N-dealkylation sites (tertiary alicyclic amines) is 1. The van der Waals surface area contributed by atoms with Crippen LogP contribution in [0.3, 0.4) is 0 Å². The minimum Gasteiger partial charge on any atom is -0.444 e. The Balaban J connectivity index is 2.64. The predicted octanol–water partition coefficient (Wildman–Crippen LogP) is 2.65. The standard InChI is InChI=1S/C13H23F2NO3/c1-11(2,3)19-10(18)16-7-5-13(9-17,6-8-16)12(4,14)15/h17H,5-9H2,1-4H3. The third kappa shape index (κ3) is 3.78. The topological polar surface area (TPSA) is 49.8 Å². The van der Waals surface area contributed by atoms with Crippen LogP contribution in [-0.4, -0.2) is 47.3 Å². The van der Waals surface area contributed by atoms with Crippen LogP contribution >= 0.6 is 0 Å². The van der Waals surface area contributed by atoms with Gasteiger partial charge in [0.2, 0.25) is 0 Å². The number of aliphatic hydroxyl groups is 1. The molecule has 0 unspecified atom stereocenters. The van der Waals surface area contributed by atoms with Gasteiger partial charge in [-0.2, -0.15) is 0 Å². The number of carbonyl (C=O) groups excluding carboxylic acids is 1. The predicted molar refractivity (Wildman–Crippen MR) is 67.2 cm³/mol. The molecule has 4 nitrogen and oxygen atoms in total. The maximum absolute atomic E-state index is 13.6. The summed E-state index contributed by atoms with van der Waals surface area (Å²) in [6.07, 6.45) is -0.336. The van der Waals surface area contributed by atoms with Crippen LogP contribution in [0.25, 0.3) is 0 Å². The Kier molecular flexibility index (Phi) is 4.44. The zero-order valence-electron chi connectivity index (χ0n) is 12.0. The Morgan fingerprint density at radius 3 is 2.05 bits per heavy atom. The van der Waals surface area contributed by atoms with Gasteiger partial charge in [0.1, 0.15) is 5.60 Å². The number of aliphatic hydroxyl groups excluding tert-OH is 1. The van der Waals surface area contributed by atoms with Gasteiger partial charge in [-0.15, -0.1) is 0 Å². The summed E-state index contributed by atoms with van der Waals surface area (Å²) >= 11 is 0. The maximum Gasteiger partial charge on any atom is 0.410 e. The van der Waals surface area contributed by atoms with Gasteiger partial charge in [-0.05, 0) is 40.5 Å². The molecule has 0 bridgehead atoms. The average molecular weight is 279 g/mol. The van der Waals surface area contributed by atoms with Crippen molar-refractivity contribution >= 4 is 6.09 Å². The lowest BCUT2D eigenvalue weighted by molar-refractivity contribution is -0.152. The van der Waals surface area contributed by atoms with Crippen LogP contribution in [0.5, 0.6) is 0 Å². The Bertz CT molecular complexity index is 326. The second kappa shape index (κ2) is 5.23. The molecule has 19 heavy (non-hydrogen) atoms. The fourth-order valence-electron chi connectivity index (χ4n) is 2.18. The molecule has 1 saturated heterocycles. The molecule has 0 spiro atoms. The van der Waals surface area contributed by atoms with Crippen molar-refractivity contribution in [2.45, 2.75) is 52.1 Å². The fourth-order valence-corrected chi connectivity index (χ4v) is 2.18. The second-order valence-corrected chi connectivity index (χ2v) is 6.29. The van der Waals surface area contributed by atoms with Crippen molar-refractivity contribution in [1.82, 2.24) is 4.90 Å². The second-order valence-electron chi connectivity index (χ2n) is 6.29. The first-order valence-electron chi connectivity index (χ1n) is 6.47. The van der Waals surface area contributed by atoms with E-state index in [1.54, 1.807) is 20.8 Å². The number of ether oxygens (including phenoxy) is 1. The van der Waals surface area contributed by atoms with E-state index >= 15 is 0 Å². The number of alkyl halides is 2. The van der Waals surface area contributed by atoms with E-state index < -0.39 is 29.6 Å². The number of amides is 1. The van der Waals surface area contributed by atoms with Gasteiger partial charge >= 0.3 is 6.09 Å². The van der Waals surface area contributed by atoms with E-state index in [1.165, 1.54) is 4.90 Å². The van der Waals surface area contributed by atoms with Gasteiger partial charge in [0.15, 0.2) is 0 Å². The number of piperidine rings is 1. The summed E-state index contributed by atoms with van der Waals surface area (Å²) in [7, 11) is 0. The minimum absolute atomic E-state index is 0.0756. The molecule has 0 atom stereocenters. The molecule has 1 heterocycles. The molecule has 0 saturated carbocycles. The molecule has 0 radical (unpaired) electrons. The van der Waals surface area contributed by atoms with Crippen LogP contribution in [0.4, 0.5) is 13.6 Å². The fraction of sp³-hybridized carbons (Fsp3) is 0.923. The number of nitrogens with zero attached hydrogens (tertiary/aromatic N) is 1. The third-order valence-corrected chi connectivity index (χ3v) is 3.61. The van der Waals surface area contributed by atoms with E-state index in [1.807, 2.05) is 0 Å². The lowest BCUT2D eigenvalue weighted by atomic mass is 9.74. The lowest BCUT2D eigenvalue weighted by Gasteiger charge is -2.43. The van der Waals surface area contributed by atoms with Crippen LogP contribution in [0.15, 0.2) is 0 Å². The van der Waals surface area contributed by atoms with Crippen molar-refractivity contribution in [3.63, 3.8) is 0 Å². The highest BCUT2D eigenvalue weighted by molar-refractivity contribution is 5.68. The summed E-state index contributed by atoms with van der Waals surface area (Å²) < 4.78 is 32.3. The molecule has 1 aliphatic heterocycles. The molecule has 6 heteroatoms. The van der Waals surface area contributed by atoms with Crippen LogP contribution in [-0.2, 0) is 4.74 Å². The summed E-state index contributed by atoms with van der Waals surface area (Å²) in [4.78, 5) is 13.2. The Morgan fingerprint density at radius 2 is 1.74 bits per heavy atom. The van der Waals surface area contributed by atoms with Crippen molar-refractivity contribution in [3.8, 4) is 0 Å². The van der Waals surface area contributed by atoms with Crippen molar-refractivity contribution < 1.29 is 23.4 Å². The number of carbonyl (C=O) groups is 1. The maximum atomic E-state index is 13.6. The zero-order chi connectivity index (χ0) is 14.9. The van der Waals surface area contributed by atoms with Gasteiger partial charge in [-0.25, -0.2) is 13.6 Å².